The first-order valence-electron chi connectivity index (χ1n) is 12.7. The minimum absolute atomic E-state index is 0.0147. The van der Waals surface area contributed by atoms with Crippen LogP contribution in [-0.4, -0.2) is 55.8 Å². The quantitative estimate of drug-likeness (QED) is 0.349. The first-order chi connectivity index (χ1) is 18.9. The summed E-state index contributed by atoms with van der Waals surface area (Å²) in [7, 11) is 4.52. The number of ether oxygens (including phenoxy) is 5. The number of phenolic OH excluding ortho intramolecular Hbond substituents is 2. The number of benzene rings is 3. The third kappa shape index (κ3) is 5.02. The summed E-state index contributed by atoms with van der Waals surface area (Å²) in [5.74, 6) is 0.745. The number of aliphatic hydroxyl groups excluding tert-OH is 1. The largest absolute Gasteiger partial charge is 0.504 e. The summed E-state index contributed by atoms with van der Waals surface area (Å²) in [6.45, 7) is 0.131. The molecule has 0 amide bonds. The van der Waals surface area contributed by atoms with Gasteiger partial charge in [-0.1, -0.05) is 18.2 Å². The van der Waals surface area contributed by atoms with Crippen molar-refractivity contribution in [3.05, 3.63) is 70.8 Å². The van der Waals surface area contributed by atoms with E-state index in [2.05, 4.69) is 0 Å². The first kappa shape index (κ1) is 26.5. The molecular formula is C30H32O9. The van der Waals surface area contributed by atoms with E-state index in [-0.39, 0.29) is 41.8 Å². The predicted molar refractivity (Wildman–Crippen MR) is 141 cm³/mol. The molecule has 0 saturated carbocycles. The third-order valence-electron chi connectivity index (χ3n) is 7.61. The molecule has 1 saturated heterocycles. The number of rotatable bonds is 9. The van der Waals surface area contributed by atoms with Crippen LogP contribution in [0.4, 0.5) is 0 Å². The molecule has 4 unspecified atom stereocenters. The fourth-order valence-electron chi connectivity index (χ4n) is 5.55. The van der Waals surface area contributed by atoms with E-state index in [0.717, 1.165) is 22.3 Å². The molecule has 2 aliphatic heterocycles. The van der Waals surface area contributed by atoms with Crippen molar-refractivity contribution in [1.29, 1.82) is 0 Å². The van der Waals surface area contributed by atoms with Crippen molar-refractivity contribution < 1.29 is 43.8 Å². The molecule has 206 valence electrons. The highest BCUT2D eigenvalue weighted by Gasteiger charge is 2.40. The van der Waals surface area contributed by atoms with Crippen LogP contribution in [0.1, 0.15) is 34.3 Å². The van der Waals surface area contributed by atoms with Crippen LogP contribution in [0.15, 0.2) is 48.5 Å². The second kappa shape index (κ2) is 10.9. The first-order valence-corrected chi connectivity index (χ1v) is 12.7. The average Bonchev–Trinajstić information content (AvgIpc) is 3.49. The molecule has 5 rings (SSSR count). The van der Waals surface area contributed by atoms with Gasteiger partial charge < -0.3 is 39.0 Å². The van der Waals surface area contributed by atoms with E-state index in [1.165, 1.54) is 20.3 Å². The Labute approximate surface area is 226 Å². The molecule has 3 aromatic rings. The Morgan fingerprint density at radius 2 is 1.49 bits per heavy atom. The maximum atomic E-state index is 12.8. The van der Waals surface area contributed by atoms with E-state index in [1.807, 2.05) is 18.2 Å². The number of carbonyl (C=O) groups is 1. The maximum absolute atomic E-state index is 12.8. The standard InChI is InChI=1S/C30H32O9/c1-35-25-11-16(4-6-23(25)32)8-19-15-38-30(34)20(19)9-17-10-21-22(14-31)28(39-29(21)27(12-17)37-3)18-5-7-24(33)26(13-18)36-2/h4-7,10-13,19-20,22,28,31-33H,8-9,14-15H2,1-3H3. The Morgan fingerprint density at radius 3 is 2.18 bits per heavy atom. The number of aliphatic hydroxyl groups is 1. The number of methoxy groups -OCH3 is 3. The Kier molecular flexibility index (Phi) is 7.43. The molecule has 0 aliphatic carbocycles. The number of fused-ring (bicyclic) bond motifs is 1. The van der Waals surface area contributed by atoms with Gasteiger partial charge >= 0.3 is 5.97 Å². The van der Waals surface area contributed by atoms with Crippen LogP contribution in [0.5, 0.6) is 34.5 Å². The summed E-state index contributed by atoms with van der Waals surface area (Å²) >= 11 is 0. The summed E-state index contributed by atoms with van der Waals surface area (Å²) in [6, 6.07) is 14.0. The van der Waals surface area contributed by atoms with Crippen LogP contribution in [0.25, 0.3) is 0 Å². The molecular weight excluding hydrogens is 504 g/mol. The minimum atomic E-state index is -0.516. The Bertz CT molecular complexity index is 1370. The molecule has 4 atom stereocenters. The summed E-state index contributed by atoms with van der Waals surface area (Å²) < 4.78 is 27.9. The third-order valence-corrected chi connectivity index (χ3v) is 7.61. The van der Waals surface area contributed by atoms with Crippen molar-refractivity contribution in [2.75, 3.05) is 34.5 Å². The van der Waals surface area contributed by atoms with Crippen LogP contribution in [0, 0.1) is 11.8 Å². The van der Waals surface area contributed by atoms with Gasteiger partial charge in [-0.05, 0) is 59.9 Å². The fraction of sp³-hybridized carbons (Fsp3) is 0.367. The van der Waals surface area contributed by atoms with Crippen molar-refractivity contribution in [3.63, 3.8) is 0 Å². The summed E-state index contributed by atoms with van der Waals surface area (Å²) in [5, 5.41) is 30.3. The lowest BCUT2D eigenvalue weighted by Crippen LogP contribution is -2.21. The van der Waals surface area contributed by atoms with Crippen molar-refractivity contribution in [3.8, 4) is 34.5 Å². The fourth-order valence-corrected chi connectivity index (χ4v) is 5.55. The van der Waals surface area contributed by atoms with Crippen LogP contribution < -0.4 is 18.9 Å². The predicted octanol–water partition coefficient (Wildman–Crippen LogP) is 3.91. The Hall–Kier alpha value is -4.11. The topological polar surface area (TPSA) is 124 Å². The highest BCUT2D eigenvalue weighted by molar-refractivity contribution is 5.75. The lowest BCUT2D eigenvalue weighted by Gasteiger charge is -2.19. The second-order valence-electron chi connectivity index (χ2n) is 9.89. The number of cyclic esters (lactones) is 1. The Morgan fingerprint density at radius 1 is 0.821 bits per heavy atom. The molecule has 0 spiro atoms. The van der Waals surface area contributed by atoms with E-state index < -0.39 is 6.10 Å². The zero-order chi connectivity index (χ0) is 27.7. The van der Waals surface area contributed by atoms with Gasteiger partial charge in [0.25, 0.3) is 0 Å². The van der Waals surface area contributed by atoms with E-state index in [4.69, 9.17) is 23.7 Å². The zero-order valence-corrected chi connectivity index (χ0v) is 22.0. The number of esters is 1. The van der Waals surface area contributed by atoms with Crippen molar-refractivity contribution in [2.24, 2.45) is 11.8 Å². The van der Waals surface area contributed by atoms with Crippen LogP contribution in [0.3, 0.4) is 0 Å². The smallest absolute Gasteiger partial charge is 0.309 e. The highest BCUT2D eigenvalue weighted by atomic mass is 16.5. The van der Waals surface area contributed by atoms with Crippen molar-refractivity contribution in [1.82, 2.24) is 0 Å². The summed E-state index contributed by atoms with van der Waals surface area (Å²) in [6.07, 6.45) is 0.498. The average molecular weight is 537 g/mol. The second-order valence-corrected chi connectivity index (χ2v) is 9.89. The SMILES string of the molecule is COc1cc(CC2COC(=O)C2Cc2cc(OC)c3c(c2)C(CO)C(c2ccc(O)c(OC)c2)O3)ccc1O. The van der Waals surface area contributed by atoms with Gasteiger partial charge in [0, 0.05) is 11.5 Å². The number of aromatic hydroxyl groups is 2. The zero-order valence-electron chi connectivity index (χ0n) is 22.0. The monoisotopic (exact) mass is 536 g/mol. The number of hydrogen-bond donors (Lipinski definition) is 3. The molecule has 1 fully saturated rings. The van der Waals surface area contributed by atoms with Gasteiger partial charge in [-0.15, -0.1) is 0 Å². The summed E-state index contributed by atoms with van der Waals surface area (Å²) in [4.78, 5) is 12.8. The van der Waals surface area contributed by atoms with E-state index >= 15 is 0 Å². The van der Waals surface area contributed by atoms with Gasteiger partial charge in [-0.3, -0.25) is 4.79 Å². The van der Waals surface area contributed by atoms with Crippen molar-refractivity contribution >= 4 is 5.97 Å². The molecule has 39 heavy (non-hydrogen) atoms. The molecule has 9 heteroatoms. The van der Waals surface area contributed by atoms with Crippen LogP contribution in [-0.2, 0) is 22.4 Å². The number of phenols is 2. The lowest BCUT2D eigenvalue weighted by atomic mass is 9.83. The van der Waals surface area contributed by atoms with Crippen molar-refractivity contribution in [2.45, 2.75) is 24.9 Å². The molecule has 0 bridgehead atoms. The lowest BCUT2D eigenvalue weighted by molar-refractivity contribution is -0.141. The highest BCUT2D eigenvalue weighted by Crippen LogP contribution is 2.51. The van der Waals surface area contributed by atoms with Crippen LogP contribution in [0.2, 0.25) is 0 Å². The number of carbonyl (C=O) groups excluding carboxylic acids is 1. The van der Waals surface area contributed by atoms with E-state index in [0.29, 0.717) is 42.4 Å². The van der Waals surface area contributed by atoms with Gasteiger partial charge in [0.2, 0.25) is 0 Å². The maximum Gasteiger partial charge on any atom is 0.309 e. The summed E-state index contributed by atoms with van der Waals surface area (Å²) in [5.41, 5.74) is 3.33. The van der Waals surface area contributed by atoms with Gasteiger partial charge in [0.1, 0.15) is 6.10 Å². The molecule has 0 radical (unpaired) electrons. The van der Waals surface area contributed by atoms with Crippen LogP contribution >= 0.6 is 0 Å². The molecule has 2 heterocycles. The van der Waals surface area contributed by atoms with E-state index in [1.54, 1.807) is 31.4 Å². The van der Waals surface area contributed by atoms with Gasteiger partial charge in [0.15, 0.2) is 34.5 Å². The van der Waals surface area contributed by atoms with Gasteiger partial charge in [0.05, 0.1) is 46.4 Å². The van der Waals surface area contributed by atoms with E-state index in [9.17, 15) is 20.1 Å². The Balaban J connectivity index is 1.42. The molecule has 2 aliphatic rings. The minimum Gasteiger partial charge on any atom is -0.504 e. The van der Waals surface area contributed by atoms with Gasteiger partial charge in [-0.25, -0.2) is 0 Å². The normalized spacial score (nSPS) is 21.7. The molecule has 9 nitrogen and oxygen atoms in total. The van der Waals surface area contributed by atoms with Gasteiger partial charge in [-0.2, -0.15) is 0 Å². The molecule has 3 aromatic carbocycles. The molecule has 3 N–H and O–H groups in total. The number of hydrogen-bond acceptors (Lipinski definition) is 9. The molecule has 0 aromatic heterocycles.